The molecule has 3 aliphatic heterocycles. The van der Waals surface area contributed by atoms with Crippen LogP contribution in [-0.4, -0.2) is 57.2 Å². The van der Waals surface area contributed by atoms with Crippen molar-refractivity contribution in [2.75, 3.05) is 11.4 Å². The number of aryl methyl sites for hydroxylation is 1. The van der Waals surface area contributed by atoms with E-state index in [-0.39, 0.29) is 17.6 Å². The topological polar surface area (TPSA) is 104 Å². The van der Waals surface area contributed by atoms with Gasteiger partial charge in [-0.2, -0.15) is 0 Å². The fraction of sp³-hybridized carbons (Fsp3) is 0.321. The lowest BCUT2D eigenvalue weighted by Crippen LogP contribution is -2.54. The van der Waals surface area contributed by atoms with Crippen LogP contribution in [0.15, 0.2) is 60.7 Å². The molecule has 0 saturated carbocycles. The Bertz CT molecular complexity index is 1450. The largest absolute Gasteiger partial charge is 0.332 e. The maximum atomic E-state index is 13.7. The quantitative estimate of drug-likeness (QED) is 0.282. The molecule has 0 aliphatic carbocycles. The van der Waals surface area contributed by atoms with Crippen molar-refractivity contribution in [1.82, 2.24) is 9.80 Å². The zero-order valence-corrected chi connectivity index (χ0v) is 20.4. The van der Waals surface area contributed by atoms with Gasteiger partial charge in [0.2, 0.25) is 0 Å². The van der Waals surface area contributed by atoms with Gasteiger partial charge < -0.3 is 9.80 Å². The SMILES string of the molecule is CCCCc1ccc(C(=O)N2CC3CC2[C@@H]2C(=O)N(c4ccc([N+](=O)[O-])c5ccccc45)C(=O)N32)cc1. The highest BCUT2D eigenvalue weighted by molar-refractivity contribution is 6.25. The number of amides is 4. The molecule has 9 heteroatoms. The minimum atomic E-state index is -0.756. The maximum absolute atomic E-state index is 13.7. The predicted octanol–water partition coefficient (Wildman–Crippen LogP) is 4.52. The molecule has 2 bridgehead atoms. The van der Waals surface area contributed by atoms with Crippen LogP contribution >= 0.6 is 0 Å². The van der Waals surface area contributed by atoms with Crippen molar-refractivity contribution < 1.29 is 19.3 Å². The molecule has 4 amide bonds. The molecule has 3 aliphatic rings. The van der Waals surface area contributed by atoms with Crippen LogP contribution in [0.3, 0.4) is 0 Å². The van der Waals surface area contributed by atoms with E-state index in [4.69, 9.17) is 0 Å². The van der Waals surface area contributed by atoms with Crippen molar-refractivity contribution in [1.29, 1.82) is 0 Å². The maximum Gasteiger partial charge on any atom is 0.332 e. The second-order valence-corrected chi connectivity index (χ2v) is 9.93. The van der Waals surface area contributed by atoms with Gasteiger partial charge in [-0.25, -0.2) is 9.69 Å². The standard InChI is InChI=1S/C28H26N4O5/c1-2-3-6-17-9-11-18(12-10-17)26(33)29-16-19-15-24(29)25-27(34)31(28(35)30(19)25)22-13-14-23(32(36)37)21-8-5-4-7-20(21)22/h4-5,7-14,19,24-25H,2-3,6,15-16H2,1H3/t19?,24?,25-/m1/s1. The third-order valence-electron chi connectivity index (χ3n) is 7.86. The van der Waals surface area contributed by atoms with Crippen LogP contribution < -0.4 is 4.90 Å². The highest BCUT2D eigenvalue weighted by Crippen LogP contribution is 2.44. The number of rotatable bonds is 6. The fourth-order valence-electron chi connectivity index (χ4n) is 6.09. The predicted molar refractivity (Wildman–Crippen MR) is 137 cm³/mol. The van der Waals surface area contributed by atoms with Crippen molar-refractivity contribution in [2.24, 2.45) is 0 Å². The van der Waals surface area contributed by atoms with Gasteiger partial charge in [0, 0.05) is 23.6 Å². The molecule has 37 heavy (non-hydrogen) atoms. The number of carbonyl (C=O) groups is 3. The Kier molecular flexibility index (Phi) is 5.43. The molecule has 3 fully saturated rings. The fourth-order valence-corrected chi connectivity index (χ4v) is 6.09. The number of benzene rings is 3. The summed E-state index contributed by atoms with van der Waals surface area (Å²) in [6.45, 7) is 2.52. The molecule has 3 atom stereocenters. The molecule has 3 aromatic carbocycles. The number of nitro benzene ring substituents is 1. The molecule has 3 saturated heterocycles. The molecule has 6 rings (SSSR count). The zero-order valence-electron chi connectivity index (χ0n) is 20.4. The molecule has 188 valence electrons. The summed E-state index contributed by atoms with van der Waals surface area (Å²) >= 11 is 0. The molecular weight excluding hydrogens is 472 g/mol. The van der Waals surface area contributed by atoms with Crippen molar-refractivity contribution in [2.45, 2.75) is 50.7 Å². The number of fused-ring (bicyclic) bond motifs is 6. The number of carbonyl (C=O) groups excluding carboxylic acids is 3. The first-order valence-electron chi connectivity index (χ1n) is 12.6. The summed E-state index contributed by atoms with van der Waals surface area (Å²) < 4.78 is 0. The van der Waals surface area contributed by atoms with E-state index in [1.807, 2.05) is 24.3 Å². The minimum absolute atomic E-state index is 0.0866. The zero-order chi connectivity index (χ0) is 25.8. The van der Waals surface area contributed by atoms with Gasteiger partial charge in [0.15, 0.2) is 0 Å². The van der Waals surface area contributed by atoms with Crippen LogP contribution in [-0.2, 0) is 11.2 Å². The number of non-ortho nitro benzene ring substituents is 1. The minimum Gasteiger partial charge on any atom is -0.331 e. The van der Waals surface area contributed by atoms with Gasteiger partial charge in [-0.3, -0.25) is 19.7 Å². The van der Waals surface area contributed by atoms with E-state index in [1.165, 1.54) is 17.7 Å². The first kappa shape index (κ1) is 23.1. The highest BCUT2D eigenvalue weighted by Gasteiger charge is 2.63. The number of urea groups is 1. The molecule has 3 aromatic rings. The summed E-state index contributed by atoms with van der Waals surface area (Å²) in [6.07, 6.45) is 3.74. The number of unbranched alkanes of at least 4 members (excludes halogenated alkanes) is 1. The third kappa shape index (κ3) is 3.48. The van der Waals surface area contributed by atoms with Crippen LogP contribution in [0.1, 0.15) is 42.1 Å². The van der Waals surface area contributed by atoms with E-state index in [2.05, 4.69) is 6.92 Å². The van der Waals surface area contributed by atoms with Crippen molar-refractivity contribution in [3.8, 4) is 0 Å². The summed E-state index contributed by atoms with van der Waals surface area (Å²) in [7, 11) is 0. The number of likely N-dealkylation sites (tertiary alicyclic amines) is 1. The second kappa shape index (κ2) is 8.69. The van der Waals surface area contributed by atoms with Gasteiger partial charge >= 0.3 is 6.03 Å². The summed E-state index contributed by atoms with van der Waals surface area (Å²) in [4.78, 5) is 56.1. The summed E-state index contributed by atoms with van der Waals surface area (Å²) in [5, 5.41) is 12.3. The Balaban J connectivity index is 1.29. The van der Waals surface area contributed by atoms with Gasteiger partial charge in [-0.15, -0.1) is 0 Å². The lowest BCUT2D eigenvalue weighted by atomic mass is 10.0. The Labute approximate surface area is 213 Å². The van der Waals surface area contributed by atoms with E-state index < -0.39 is 28.9 Å². The van der Waals surface area contributed by atoms with Crippen molar-refractivity contribution in [3.63, 3.8) is 0 Å². The van der Waals surface area contributed by atoms with E-state index >= 15 is 0 Å². The van der Waals surface area contributed by atoms with E-state index in [0.29, 0.717) is 35.0 Å². The summed E-state index contributed by atoms with van der Waals surface area (Å²) in [5.74, 6) is -0.530. The number of hydrogen-bond acceptors (Lipinski definition) is 5. The van der Waals surface area contributed by atoms with Crippen LogP contribution in [0.25, 0.3) is 10.8 Å². The molecule has 0 aromatic heterocycles. The molecule has 9 nitrogen and oxygen atoms in total. The van der Waals surface area contributed by atoms with Crippen LogP contribution in [0.4, 0.5) is 16.2 Å². The lowest BCUT2D eigenvalue weighted by Gasteiger charge is -2.35. The normalized spacial score (nSPS) is 22.3. The number of imide groups is 1. The van der Waals surface area contributed by atoms with Crippen LogP contribution in [0.5, 0.6) is 0 Å². The van der Waals surface area contributed by atoms with E-state index in [0.717, 1.165) is 24.2 Å². The van der Waals surface area contributed by atoms with Gasteiger partial charge in [-0.05, 0) is 49.1 Å². The molecular formula is C28H26N4O5. The molecule has 0 spiro atoms. The Hall–Kier alpha value is -4.27. The van der Waals surface area contributed by atoms with Crippen molar-refractivity contribution >= 4 is 40.0 Å². The van der Waals surface area contributed by atoms with Crippen molar-refractivity contribution in [3.05, 3.63) is 81.9 Å². The Morgan fingerprint density at radius 1 is 1.03 bits per heavy atom. The summed E-state index contributed by atoms with van der Waals surface area (Å²) in [6, 6.07) is 15.3. The third-order valence-corrected chi connectivity index (χ3v) is 7.86. The average Bonchev–Trinajstić information content (AvgIpc) is 3.58. The average molecular weight is 499 g/mol. The number of nitro groups is 1. The van der Waals surface area contributed by atoms with E-state index in [9.17, 15) is 24.5 Å². The lowest BCUT2D eigenvalue weighted by molar-refractivity contribution is -0.383. The number of nitrogens with zero attached hydrogens (tertiary/aromatic N) is 4. The molecule has 0 radical (unpaired) electrons. The number of hydrogen-bond donors (Lipinski definition) is 0. The molecule has 2 unspecified atom stereocenters. The number of piperazine rings is 1. The smallest absolute Gasteiger partial charge is 0.331 e. The second-order valence-electron chi connectivity index (χ2n) is 9.93. The number of anilines is 1. The highest BCUT2D eigenvalue weighted by atomic mass is 16.6. The molecule has 0 N–H and O–H groups in total. The van der Waals surface area contributed by atoms with Gasteiger partial charge in [-0.1, -0.05) is 43.7 Å². The van der Waals surface area contributed by atoms with Crippen LogP contribution in [0.2, 0.25) is 0 Å². The first-order chi connectivity index (χ1) is 17.9. The van der Waals surface area contributed by atoms with Gasteiger partial charge in [0.25, 0.3) is 17.5 Å². The first-order valence-corrected chi connectivity index (χ1v) is 12.6. The molecule has 3 heterocycles. The Morgan fingerprint density at radius 2 is 1.76 bits per heavy atom. The monoisotopic (exact) mass is 498 g/mol. The Morgan fingerprint density at radius 3 is 2.46 bits per heavy atom. The van der Waals surface area contributed by atoms with Gasteiger partial charge in [0.1, 0.15) is 6.04 Å². The van der Waals surface area contributed by atoms with Gasteiger partial charge in [0.05, 0.1) is 28.1 Å². The van der Waals surface area contributed by atoms with Crippen LogP contribution in [0, 0.1) is 10.1 Å². The summed E-state index contributed by atoms with van der Waals surface area (Å²) in [5.41, 5.74) is 2.01. The van der Waals surface area contributed by atoms with E-state index in [1.54, 1.807) is 34.1 Å².